The number of benzene rings is 2. The van der Waals surface area contributed by atoms with Crippen LogP contribution in [0.25, 0.3) is 11.3 Å². The van der Waals surface area contributed by atoms with E-state index < -0.39 is 11.7 Å². The number of nitrogens with zero attached hydrogens (tertiary/aromatic N) is 1. The Balaban J connectivity index is 1.15. The Morgan fingerprint density at radius 2 is 1.67 bits per heavy atom. The zero-order chi connectivity index (χ0) is 32.0. The van der Waals surface area contributed by atoms with E-state index in [4.69, 9.17) is 14.2 Å². The molecule has 5 rings (SSSR count). The van der Waals surface area contributed by atoms with E-state index in [9.17, 15) is 18.4 Å². The number of anilines is 1. The summed E-state index contributed by atoms with van der Waals surface area (Å²) in [5.74, 6) is -0.377. The Hall–Kier alpha value is -4.13. The lowest BCUT2D eigenvalue weighted by molar-refractivity contribution is -0.286. The summed E-state index contributed by atoms with van der Waals surface area (Å²) >= 11 is 0. The zero-order valence-corrected chi connectivity index (χ0v) is 25.5. The summed E-state index contributed by atoms with van der Waals surface area (Å²) in [7, 11) is 0. The molecule has 45 heavy (non-hydrogen) atoms. The number of aromatic nitrogens is 1. The number of carbonyl (C=O) groups is 2. The molecule has 1 aromatic heterocycles. The molecule has 0 atom stereocenters. The molecule has 0 saturated heterocycles. The molecule has 2 aliphatic rings. The van der Waals surface area contributed by atoms with Crippen LogP contribution in [-0.4, -0.2) is 68.8 Å². The van der Waals surface area contributed by atoms with Gasteiger partial charge in [0.05, 0.1) is 50.2 Å². The summed E-state index contributed by atoms with van der Waals surface area (Å²) in [6, 6.07) is 15.0. The van der Waals surface area contributed by atoms with Crippen molar-refractivity contribution >= 4 is 17.6 Å². The van der Waals surface area contributed by atoms with Crippen molar-refractivity contribution in [2.75, 3.05) is 44.9 Å². The van der Waals surface area contributed by atoms with Crippen LogP contribution in [0.4, 0.5) is 14.6 Å². The lowest BCUT2D eigenvalue weighted by Crippen LogP contribution is -2.28. The number of ether oxygens (including phenoxy) is 5. The van der Waals surface area contributed by atoms with Gasteiger partial charge in [-0.1, -0.05) is 24.3 Å². The van der Waals surface area contributed by atoms with Crippen LogP contribution in [0.2, 0.25) is 0 Å². The molecule has 12 heteroatoms. The molecule has 2 N–H and O–H groups in total. The van der Waals surface area contributed by atoms with Crippen molar-refractivity contribution in [1.29, 1.82) is 0 Å². The number of carbonyl (C=O) groups excluding carboxylic acids is 2. The lowest BCUT2D eigenvalue weighted by Gasteiger charge is -2.17. The number of pyridine rings is 1. The molecule has 2 heterocycles. The molecule has 1 saturated carbocycles. The molecule has 2 aromatic carbocycles. The molecule has 10 nitrogen and oxygen atoms in total. The first kappa shape index (κ1) is 32.3. The minimum atomic E-state index is -3.73. The molecule has 0 spiro atoms. The van der Waals surface area contributed by atoms with Crippen molar-refractivity contribution in [2.24, 2.45) is 0 Å². The van der Waals surface area contributed by atoms with Gasteiger partial charge in [0.25, 0.3) is 5.91 Å². The molecular weight excluding hydrogens is 588 g/mol. The summed E-state index contributed by atoms with van der Waals surface area (Å²) in [6.07, 6.45) is -2.45. The fourth-order valence-electron chi connectivity index (χ4n) is 4.96. The van der Waals surface area contributed by atoms with Crippen molar-refractivity contribution in [3.63, 3.8) is 0 Å². The molecule has 0 bridgehead atoms. The number of hydrogen-bond acceptors (Lipinski definition) is 8. The number of fused-ring (bicyclic) bond motifs is 1. The molecule has 2 amide bonds. The Kier molecular flexibility index (Phi) is 9.96. The Morgan fingerprint density at radius 3 is 2.42 bits per heavy atom. The normalized spacial score (nSPS) is 15.6. The standard InChI is InChI=1S/C33H37F2N3O7/c1-21(2)43-18-17-42-16-15-41-14-13-36-30(39)24-6-4-5-23(19-24)29-22(3)7-10-28(37-29)38-31(40)32(11-12-32)25-8-9-26-27(20-25)45-33(34,35)44-26/h4-10,19-21H,11-18H2,1-3H3,(H,36,39)(H,37,38,40). The second-order valence-electron chi connectivity index (χ2n) is 11.2. The fraction of sp³-hybridized carbons (Fsp3) is 0.424. The van der Waals surface area contributed by atoms with Gasteiger partial charge in [-0.25, -0.2) is 4.98 Å². The minimum Gasteiger partial charge on any atom is -0.395 e. The van der Waals surface area contributed by atoms with Gasteiger partial charge in [0, 0.05) is 17.7 Å². The van der Waals surface area contributed by atoms with Crippen LogP contribution in [0.1, 0.15) is 48.2 Å². The quantitative estimate of drug-likeness (QED) is 0.221. The second-order valence-corrected chi connectivity index (χ2v) is 11.2. The van der Waals surface area contributed by atoms with Crippen molar-refractivity contribution in [3.8, 4) is 22.8 Å². The number of hydrogen-bond donors (Lipinski definition) is 2. The first-order valence-corrected chi connectivity index (χ1v) is 14.9. The van der Waals surface area contributed by atoms with Gasteiger partial charge in [-0.2, -0.15) is 0 Å². The van der Waals surface area contributed by atoms with Crippen molar-refractivity contribution in [2.45, 2.75) is 51.4 Å². The van der Waals surface area contributed by atoms with E-state index in [1.807, 2.05) is 32.9 Å². The third-order valence-corrected chi connectivity index (χ3v) is 7.46. The highest BCUT2D eigenvalue weighted by atomic mass is 19.3. The SMILES string of the molecule is Cc1ccc(NC(=O)C2(c3ccc4c(c3)OC(F)(F)O4)CC2)nc1-c1cccc(C(=O)NCCOCCOCCOC(C)C)c1. The topological polar surface area (TPSA) is 117 Å². The van der Waals surface area contributed by atoms with Crippen LogP contribution in [0.3, 0.4) is 0 Å². The number of amides is 2. The lowest BCUT2D eigenvalue weighted by atomic mass is 9.94. The number of alkyl halides is 2. The Morgan fingerprint density at radius 1 is 0.933 bits per heavy atom. The summed E-state index contributed by atoms with van der Waals surface area (Å²) in [6.45, 7) is 8.43. The zero-order valence-electron chi connectivity index (χ0n) is 25.5. The van der Waals surface area contributed by atoms with Crippen LogP contribution in [-0.2, 0) is 24.4 Å². The summed E-state index contributed by atoms with van der Waals surface area (Å²) in [5, 5.41) is 5.74. The number of rotatable bonds is 15. The van der Waals surface area contributed by atoms with Gasteiger partial charge >= 0.3 is 6.29 Å². The molecule has 0 unspecified atom stereocenters. The van der Waals surface area contributed by atoms with Crippen molar-refractivity contribution in [1.82, 2.24) is 10.3 Å². The number of halogens is 2. The van der Waals surface area contributed by atoms with Gasteiger partial charge in [-0.05, 0) is 75.1 Å². The van der Waals surface area contributed by atoms with Crippen LogP contribution in [0.15, 0.2) is 54.6 Å². The van der Waals surface area contributed by atoms with Crippen LogP contribution >= 0.6 is 0 Å². The molecule has 1 aliphatic heterocycles. The fourth-order valence-corrected chi connectivity index (χ4v) is 4.96. The summed E-state index contributed by atoms with van der Waals surface area (Å²) < 4.78 is 52.4. The highest BCUT2D eigenvalue weighted by Crippen LogP contribution is 2.52. The van der Waals surface area contributed by atoms with Crippen LogP contribution < -0.4 is 20.1 Å². The maximum absolute atomic E-state index is 13.5. The van der Waals surface area contributed by atoms with Crippen LogP contribution in [0.5, 0.6) is 11.5 Å². The molecule has 0 radical (unpaired) electrons. The first-order chi connectivity index (χ1) is 21.6. The minimum absolute atomic E-state index is 0.0707. The molecule has 1 aliphatic carbocycles. The summed E-state index contributed by atoms with van der Waals surface area (Å²) in [4.78, 5) is 30.9. The van der Waals surface area contributed by atoms with Crippen molar-refractivity contribution < 1.29 is 42.1 Å². The van der Waals surface area contributed by atoms with E-state index in [2.05, 4.69) is 25.1 Å². The van der Waals surface area contributed by atoms with E-state index in [-0.39, 0.29) is 29.4 Å². The average molecular weight is 626 g/mol. The second kappa shape index (κ2) is 13.9. The van der Waals surface area contributed by atoms with E-state index in [1.165, 1.54) is 12.1 Å². The van der Waals surface area contributed by atoms with Crippen LogP contribution in [0, 0.1) is 6.92 Å². The van der Waals surface area contributed by atoms with Gasteiger partial charge in [-0.3, -0.25) is 9.59 Å². The van der Waals surface area contributed by atoms with Gasteiger partial charge in [0.2, 0.25) is 5.91 Å². The van der Waals surface area contributed by atoms with Gasteiger partial charge in [0.1, 0.15) is 5.82 Å². The largest absolute Gasteiger partial charge is 0.586 e. The third-order valence-electron chi connectivity index (χ3n) is 7.46. The highest BCUT2D eigenvalue weighted by molar-refractivity contribution is 6.01. The predicted octanol–water partition coefficient (Wildman–Crippen LogP) is 5.24. The van der Waals surface area contributed by atoms with E-state index in [0.29, 0.717) is 80.6 Å². The highest BCUT2D eigenvalue weighted by Gasteiger charge is 2.53. The molecule has 1 fully saturated rings. The van der Waals surface area contributed by atoms with E-state index in [1.54, 1.807) is 30.3 Å². The molecule has 240 valence electrons. The van der Waals surface area contributed by atoms with Crippen molar-refractivity contribution in [3.05, 3.63) is 71.3 Å². The molecular formula is C33H37F2N3O7. The third kappa shape index (κ3) is 8.13. The predicted molar refractivity (Wildman–Crippen MR) is 162 cm³/mol. The van der Waals surface area contributed by atoms with E-state index >= 15 is 0 Å². The Labute approximate surface area is 260 Å². The van der Waals surface area contributed by atoms with E-state index in [0.717, 1.165) is 5.56 Å². The van der Waals surface area contributed by atoms with Gasteiger partial charge in [-0.15, -0.1) is 8.78 Å². The van der Waals surface area contributed by atoms with Gasteiger partial charge in [0.15, 0.2) is 11.5 Å². The van der Waals surface area contributed by atoms with Gasteiger partial charge < -0.3 is 34.3 Å². The monoisotopic (exact) mass is 625 g/mol. The smallest absolute Gasteiger partial charge is 0.395 e. The maximum Gasteiger partial charge on any atom is 0.586 e. The first-order valence-electron chi connectivity index (χ1n) is 14.9. The maximum atomic E-state index is 13.5. The average Bonchev–Trinajstić information content (AvgIpc) is 3.75. The number of aryl methyl sites for hydroxylation is 1. The number of nitrogens with one attached hydrogen (secondary N) is 2. The molecule has 3 aromatic rings. The summed E-state index contributed by atoms with van der Waals surface area (Å²) in [5.41, 5.74) is 2.33. The Bertz CT molecular complexity index is 1530.